The van der Waals surface area contributed by atoms with Crippen molar-refractivity contribution in [2.24, 2.45) is 0 Å². The van der Waals surface area contributed by atoms with E-state index in [0.29, 0.717) is 10.6 Å². The summed E-state index contributed by atoms with van der Waals surface area (Å²) in [4.78, 5) is 11.8. The Morgan fingerprint density at radius 3 is 2.08 bits per heavy atom. The predicted octanol–water partition coefficient (Wildman–Crippen LogP) is 4.32. The first-order valence-corrected chi connectivity index (χ1v) is 7.41. The molecule has 0 aliphatic heterocycles. The van der Waals surface area contributed by atoms with Gasteiger partial charge in [0.15, 0.2) is 23.3 Å². The van der Waals surface area contributed by atoms with Gasteiger partial charge >= 0.3 is 0 Å². The third kappa shape index (κ3) is 4.08. The predicted molar refractivity (Wildman–Crippen MR) is 82.7 cm³/mol. The standard InChI is InChI=1S/C16H12ClF5N2O/c1-7(8-4-2-3-5-9(8)17)23-6-10(25)24-16-14(21)12(19)11(18)13(20)15(16)22/h2-5,7,23H,6H2,1H3,(H,24,25)/t7-/m0/s1. The molecule has 0 fully saturated rings. The van der Waals surface area contributed by atoms with Crippen molar-refractivity contribution in [1.29, 1.82) is 0 Å². The molecule has 2 N–H and O–H groups in total. The third-order valence-electron chi connectivity index (χ3n) is 3.41. The van der Waals surface area contributed by atoms with Gasteiger partial charge < -0.3 is 10.6 Å². The fourth-order valence-corrected chi connectivity index (χ4v) is 2.38. The van der Waals surface area contributed by atoms with Crippen LogP contribution < -0.4 is 10.6 Å². The second-order valence-corrected chi connectivity index (χ2v) is 5.52. The molecule has 134 valence electrons. The van der Waals surface area contributed by atoms with Crippen LogP contribution >= 0.6 is 11.6 Å². The van der Waals surface area contributed by atoms with Crippen molar-refractivity contribution in [1.82, 2.24) is 5.32 Å². The number of nitrogens with one attached hydrogen (secondary N) is 2. The molecule has 0 saturated heterocycles. The van der Waals surface area contributed by atoms with Crippen LogP contribution in [0.3, 0.4) is 0 Å². The summed E-state index contributed by atoms with van der Waals surface area (Å²) < 4.78 is 66.1. The second-order valence-electron chi connectivity index (χ2n) is 5.12. The monoisotopic (exact) mass is 378 g/mol. The van der Waals surface area contributed by atoms with Gasteiger partial charge in [-0.3, -0.25) is 4.79 Å². The normalized spacial score (nSPS) is 12.1. The van der Waals surface area contributed by atoms with Gasteiger partial charge in [-0.05, 0) is 18.6 Å². The van der Waals surface area contributed by atoms with Crippen molar-refractivity contribution in [2.45, 2.75) is 13.0 Å². The molecular formula is C16H12ClF5N2O. The van der Waals surface area contributed by atoms with E-state index < -0.39 is 53.3 Å². The lowest BCUT2D eigenvalue weighted by atomic mass is 10.1. The Bertz CT molecular complexity index is 786. The van der Waals surface area contributed by atoms with Crippen LogP contribution in [0.1, 0.15) is 18.5 Å². The van der Waals surface area contributed by atoms with E-state index in [1.807, 2.05) is 0 Å². The van der Waals surface area contributed by atoms with Gasteiger partial charge in [0.2, 0.25) is 11.7 Å². The molecular weight excluding hydrogens is 367 g/mol. The molecule has 0 unspecified atom stereocenters. The molecule has 0 bridgehead atoms. The summed E-state index contributed by atoms with van der Waals surface area (Å²) >= 11 is 6.00. The van der Waals surface area contributed by atoms with E-state index in [4.69, 9.17) is 11.6 Å². The highest BCUT2D eigenvalue weighted by molar-refractivity contribution is 6.31. The Hall–Kier alpha value is -2.19. The maximum atomic E-state index is 13.5. The Morgan fingerprint density at radius 1 is 1.00 bits per heavy atom. The number of carbonyl (C=O) groups is 1. The van der Waals surface area contributed by atoms with E-state index in [0.717, 1.165) is 0 Å². The molecule has 0 aliphatic rings. The van der Waals surface area contributed by atoms with E-state index in [9.17, 15) is 26.7 Å². The third-order valence-corrected chi connectivity index (χ3v) is 3.76. The molecule has 25 heavy (non-hydrogen) atoms. The van der Waals surface area contributed by atoms with E-state index in [1.54, 1.807) is 36.5 Å². The van der Waals surface area contributed by atoms with Crippen molar-refractivity contribution < 1.29 is 26.7 Å². The fourth-order valence-electron chi connectivity index (χ4n) is 2.08. The lowest BCUT2D eigenvalue weighted by Crippen LogP contribution is -2.31. The highest BCUT2D eigenvalue weighted by Crippen LogP contribution is 2.27. The average Bonchev–Trinajstić information content (AvgIpc) is 2.60. The zero-order chi connectivity index (χ0) is 18.7. The van der Waals surface area contributed by atoms with E-state index in [2.05, 4.69) is 5.32 Å². The molecule has 3 nitrogen and oxygen atoms in total. The van der Waals surface area contributed by atoms with E-state index in [-0.39, 0.29) is 0 Å². The number of amides is 1. The van der Waals surface area contributed by atoms with E-state index >= 15 is 0 Å². The molecule has 1 atom stereocenters. The number of halogens is 6. The summed E-state index contributed by atoms with van der Waals surface area (Å²) in [6.45, 7) is 1.25. The van der Waals surface area contributed by atoms with Crippen LogP contribution in [0.4, 0.5) is 27.6 Å². The molecule has 0 aliphatic carbocycles. The second kappa shape index (κ2) is 7.79. The van der Waals surface area contributed by atoms with Crippen LogP contribution in [-0.2, 0) is 4.79 Å². The minimum atomic E-state index is -2.29. The maximum absolute atomic E-state index is 13.5. The number of carbonyl (C=O) groups excluding carboxylic acids is 1. The van der Waals surface area contributed by atoms with Gasteiger partial charge in [0.1, 0.15) is 5.69 Å². The molecule has 0 spiro atoms. The Balaban J connectivity index is 2.08. The van der Waals surface area contributed by atoms with Gasteiger partial charge in [-0.2, -0.15) is 0 Å². The molecule has 2 aromatic rings. The molecule has 2 rings (SSSR count). The minimum absolute atomic E-state index is 0.393. The first kappa shape index (κ1) is 19.1. The minimum Gasteiger partial charge on any atom is -0.320 e. The van der Waals surface area contributed by atoms with Crippen molar-refractivity contribution >= 4 is 23.2 Å². The quantitative estimate of drug-likeness (QED) is 0.462. The average molecular weight is 379 g/mol. The summed E-state index contributed by atoms with van der Waals surface area (Å²) in [6.07, 6.45) is 0. The zero-order valence-electron chi connectivity index (χ0n) is 12.8. The van der Waals surface area contributed by atoms with Crippen LogP contribution in [0.2, 0.25) is 5.02 Å². The Morgan fingerprint density at radius 2 is 1.52 bits per heavy atom. The zero-order valence-corrected chi connectivity index (χ0v) is 13.5. The van der Waals surface area contributed by atoms with Crippen LogP contribution in [0.25, 0.3) is 0 Å². The molecule has 2 aromatic carbocycles. The summed E-state index contributed by atoms with van der Waals surface area (Å²) in [7, 11) is 0. The Labute approximate surface area is 144 Å². The highest BCUT2D eigenvalue weighted by Gasteiger charge is 2.26. The SMILES string of the molecule is C[C@H](NCC(=O)Nc1c(F)c(F)c(F)c(F)c1F)c1ccccc1Cl. The van der Waals surface area contributed by atoms with Crippen LogP contribution in [-0.4, -0.2) is 12.5 Å². The summed E-state index contributed by atoms with van der Waals surface area (Å²) in [5, 5.41) is 4.86. The van der Waals surface area contributed by atoms with Crippen molar-refractivity contribution in [3.05, 3.63) is 63.9 Å². The van der Waals surface area contributed by atoms with Crippen LogP contribution in [0.15, 0.2) is 24.3 Å². The number of anilines is 1. The topological polar surface area (TPSA) is 41.1 Å². The summed E-state index contributed by atoms with van der Waals surface area (Å²) in [6, 6.07) is 6.41. The largest absolute Gasteiger partial charge is 0.320 e. The molecule has 1 amide bonds. The molecule has 0 heterocycles. The first-order valence-electron chi connectivity index (χ1n) is 7.03. The number of hydrogen-bond acceptors (Lipinski definition) is 2. The molecule has 9 heteroatoms. The lowest BCUT2D eigenvalue weighted by Gasteiger charge is -2.16. The Kier molecular flexibility index (Phi) is 5.97. The highest BCUT2D eigenvalue weighted by atomic mass is 35.5. The smallest absolute Gasteiger partial charge is 0.238 e. The van der Waals surface area contributed by atoms with Gasteiger partial charge in [0, 0.05) is 11.1 Å². The van der Waals surface area contributed by atoms with Gasteiger partial charge in [-0.15, -0.1) is 0 Å². The van der Waals surface area contributed by atoms with Gasteiger partial charge in [0.05, 0.1) is 6.54 Å². The summed E-state index contributed by atoms with van der Waals surface area (Å²) in [5.74, 6) is -11.8. The van der Waals surface area contributed by atoms with Crippen molar-refractivity contribution in [3.63, 3.8) is 0 Å². The van der Waals surface area contributed by atoms with Crippen molar-refractivity contribution in [2.75, 3.05) is 11.9 Å². The summed E-state index contributed by atoms with van der Waals surface area (Å²) in [5.41, 5.74) is -0.721. The molecule has 0 saturated carbocycles. The van der Waals surface area contributed by atoms with E-state index in [1.165, 1.54) is 0 Å². The lowest BCUT2D eigenvalue weighted by molar-refractivity contribution is -0.115. The maximum Gasteiger partial charge on any atom is 0.238 e. The van der Waals surface area contributed by atoms with Gasteiger partial charge in [0.25, 0.3) is 0 Å². The van der Waals surface area contributed by atoms with Crippen LogP contribution in [0, 0.1) is 29.1 Å². The molecule has 0 aromatic heterocycles. The fraction of sp³-hybridized carbons (Fsp3) is 0.188. The molecule has 0 radical (unpaired) electrons. The van der Waals surface area contributed by atoms with Gasteiger partial charge in [-0.1, -0.05) is 29.8 Å². The number of hydrogen-bond donors (Lipinski definition) is 2. The first-order chi connectivity index (χ1) is 11.7. The van der Waals surface area contributed by atoms with Crippen LogP contribution in [0.5, 0.6) is 0 Å². The number of rotatable bonds is 5. The number of benzene rings is 2. The van der Waals surface area contributed by atoms with Gasteiger partial charge in [-0.25, -0.2) is 22.0 Å². The van der Waals surface area contributed by atoms with Crippen molar-refractivity contribution in [3.8, 4) is 0 Å².